The maximum atomic E-state index is 10.9. The number of hydrogen-bond donors (Lipinski definition) is 2. The zero-order valence-electron chi connectivity index (χ0n) is 7.29. The molecule has 4 heteroatoms. The second kappa shape index (κ2) is 2.71. The van der Waals surface area contributed by atoms with Gasteiger partial charge in [-0.3, -0.25) is 4.79 Å². The topological polar surface area (TPSA) is 73.1 Å². The molecule has 1 aliphatic heterocycles. The van der Waals surface area contributed by atoms with Gasteiger partial charge in [0.05, 0.1) is 6.07 Å². The van der Waals surface area contributed by atoms with E-state index in [0.717, 1.165) is 13.1 Å². The highest BCUT2D eigenvalue weighted by molar-refractivity contribution is 5.78. The molecule has 0 aromatic rings. The van der Waals surface area contributed by atoms with E-state index in [4.69, 9.17) is 10.4 Å². The maximum Gasteiger partial charge on any atom is 0.324 e. The van der Waals surface area contributed by atoms with Gasteiger partial charge in [0.15, 0.2) is 5.41 Å². The van der Waals surface area contributed by atoms with Crippen molar-refractivity contribution >= 4 is 5.97 Å². The van der Waals surface area contributed by atoms with Crippen LogP contribution in [0.5, 0.6) is 0 Å². The summed E-state index contributed by atoms with van der Waals surface area (Å²) < 4.78 is 0. The molecule has 1 heterocycles. The molecule has 2 rings (SSSR count). The number of aliphatic carboxylic acids is 1. The van der Waals surface area contributed by atoms with E-state index in [1.807, 2.05) is 6.07 Å². The number of nitrogens with zero attached hydrogens (tertiary/aromatic N) is 1. The summed E-state index contributed by atoms with van der Waals surface area (Å²) in [6.07, 6.45) is 1.05. The van der Waals surface area contributed by atoms with E-state index in [2.05, 4.69) is 5.32 Å². The number of fused-ring (bicyclic) bond motifs is 1. The zero-order valence-corrected chi connectivity index (χ0v) is 7.29. The van der Waals surface area contributed by atoms with Crippen molar-refractivity contribution in [1.29, 1.82) is 5.26 Å². The predicted molar refractivity (Wildman–Crippen MR) is 44.8 cm³/mol. The number of rotatable bonds is 1. The standard InChI is InChI=1S/C9H12N2O2/c10-5-9(8(12)13)1-6-3-11-4-7(6)2-9/h6-7,11H,1-4H2,(H,12,13). The molecule has 0 radical (unpaired) electrons. The molecule has 2 atom stereocenters. The van der Waals surface area contributed by atoms with Crippen molar-refractivity contribution in [2.45, 2.75) is 12.8 Å². The van der Waals surface area contributed by atoms with Crippen LogP contribution >= 0.6 is 0 Å². The van der Waals surface area contributed by atoms with Crippen LogP contribution in [0.4, 0.5) is 0 Å². The molecule has 13 heavy (non-hydrogen) atoms. The third-order valence-electron chi connectivity index (χ3n) is 3.32. The van der Waals surface area contributed by atoms with Gasteiger partial charge in [0.25, 0.3) is 0 Å². The molecule has 0 aromatic carbocycles. The van der Waals surface area contributed by atoms with Crippen LogP contribution < -0.4 is 5.32 Å². The monoisotopic (exact) mass is 180 g/mol. The molecule has 1 saturated carbocycles. The Kier molecular flexibility index (Phi) is 1.77. The molecule has 2 aliphatic rings. The average Bonchev–Trinajstić information content (AvgIpc) is 2.59. The van der Waals surface area contributed by atoms with E-state index in [1.54, 1.807) is 0 Å². The highest BCUT2D eigenvalue weighted by Crippen LogP contribution is 2.46. The minimum atomic E-state index is -1.09. The van der Waals surface area contributed by atoms with Crippen molar-refractivity contribution in [2.24, 2.45) is 17.3 Å². The molecular weight excluding hydrogens is 168 g/mol. The van der Waals surface area contributed by atoms with E-state index in [9.17, 15) is 4.79 Å². The minimum Gasteiger partial charge on any atom is -0.480 e. The van der Waals surface area contributed by atoms with Crippen LogP contribution in [0.3, 0.4) is 0 Å². The van der Waals surface area contributed by atoms with E-state index >= 15 is 0 Å². The Hall–Kier alpha value is -1.08. The highest BCUT2D eigenvalue weighted by Gasteiger charge is 2.52. The molecule has 2 unspecified atom stereocenters. The lowest BCUT2D eigenvalue weighted by molar-refractivity contribution is -0.145. The number of nitriles is 1. The Morgan fingerprint density at radius 1 is 1.46 bits per heavy atom. The quantitative estimate of drug-likeness (QED) is 0.605. The summed E-state index contributed by atoms with van der Waals surface area (Å²) in [6.45, 7) is 1.75. The molecular formula is C9H12N2O2. The summed E-state index contributed by atoms with van der Waals surface area (Å²) in [4.78, 5) is 10.9. The largest absolute Gasteiger partial charge is 0.480 e. The van der Waals surface area contributed by atoms with Crippen molar-refractivity contribution in [1.82, 2.24) is 5.32 Å². The van der Waals surface area contributed by atoms with Crippen molar-refractivity contribution in [3.8, 4) is 6.07 Å². The second-order valence-corrected chi connectivity index (χ2v) is 4.09. The first-order chi connectivity index (χ1) is 6.18. The molecule has 70 valence electrons. The van der Waals surface area contributed by atoms with Gasteiger partial charge in [-0.05, 0) is 37.8 Å². The summed E-state index contributed by atoms with van der Waals surface area (Å²) in [5.74, 6) is -0.143. The van der Waals surface area contributed by atoms with E-state index in [0.29, 0.717) is 24.7 Å². The van der Waals surface area contributed by atoms with E-state index in [1.165, 1.54) is 0 Å². The summed E-state index contributed by atoms with van der Waals surface area (Å²) in [5.41, 5.74) is -1.09. The van der Waals surface area contributed by atoms with Crippen LogP contribution in [0.15, 0.2) is 0 Å². The zero-order chi connectivity index (χ0) is 9.47. The molecule has 0 aromatic heterocycles. The van der Waals surface area contributed by atoms with Gasteiger partial charge in [-0.1, -0.05) is 0 Å². The van der Waals surface area contributed by atoms with Crippen molar-refractivity contribution in [3.05, 3.63) is 0 Å². The number of carboxylic acids is 1. The van der Waals surface area contributed by atoms with Crippen LogP contribution in [-0.4, -0.2) is 24.2 Å². The molecule has 0 bridgehead atoms. The molecule has 0 spiro atoms. The summed E-state index contributed by atoms with van der Waals surface area (Å²) in [5, 5.41) is 21.1. The fourth-order valence-electron chi connectivity index (χ4n) is 2.56. The fourth-order valence-corrected chi connectivity index (χ4v) is 2.56. The first-order valence-electron chi connectivity index (χ1n) is 4.53. The Labute approximate surface area is 76.5 Å². The van der Waals surface area contributed by atoms with Crippen LogP contribution in [0.2, 0.25) is 0 Å². The highest BCUT2D eigenvalue weighted by atomic mass is 16.4. The smallest absolute Gasteiger partial charge is 0.324 e. The second-order valence-electron chi connectivity index (χ2n) is 4.09. The Bertz CT molecular complexity index is 270. The predicted octanol–water partition coefficient (Wildman–Crippen LogP) is 0.210. The van der Waals surface area contributed by atoms with Gasteiger partial charge in [-0.2, -0.15) is 5.26 Å². The third-order valence-corrected chi connectivity index (χ3v) is 3.32. The summed E-state index contributed by atoms with van der Waals surface area (Å²) >= 11 is 0. The number of hydrogen-bond acceptors (Lipinski definition) is 3. The summed E-state index contributed by atoms with van der Waals surface area (Å²) in [6, 6.07) is 1.98. The molecule has 2 fully saturated rings. The van der Waals surface area contributed by atoms with Crippen LogP contribution in [-0.2, 0) is 4.79 Å². The van der Waals surface area contributed by atoms with E-state index in [-0.39, 0.29) is 0 Å². The SMILES string of the molecule is N#CC1(C(=O)O)CC2CNCC2C1. The normalized spacial score (nSPS) is 42.7. The molecule has 0 amide bonds. The third kappa shape index (κ3) is 1.11. The molecule has 2 N–H and O–H groups in total. The van der Waals surface area contributed by atoms with Crippen LogP contribution in [0, 0.1) is 28.6 Å². The maximum absolute atomic E-state index is 10.9. The van der Waals surface area contributed by atoms with Gasteiger partial charge >= 0.3 is 5.97 Å². The van der Waals surface area contributed by atoms with Gasteiger partial charge in [-0.15, -0.1) is 0 Å². The van der Waals surface area contributed by atoms with Gasteiger partial charge in [0, 0.05) is 0 Å². The minimum absolute atomic E-state index is 0.399. The lowest BCUT2D eigenvalue weighted by Crippen LogP contribution is -2.28. The Morgan fingerprint density at radius 2 is 2.00 bits per heavy atom. The first-order valence-corrected chi connectivity index (χ1v) is 4.53. The first kappa shape index (κ1) is 8.52. The van der Waals surface area contributed by atoms with Gasteiger partial charge in [-0.25, -0.2) is 0 Å². The molecule has 1 aliphatic carbocycles. The lowest BCUT2D eigenvalue weighted by Gasteiger charge is -2.15. The Morgan fingerprint density at radius 3 is 2.38 bits per heavy atom. The van der Waals surface area contributed by atoms with Crippen molar-refractivity contribution in [3.63, 3.8) is 0 Å². The number of carboxylic acid groups (broad SMARTS) is 1. The fraction of sp³-hybridized carbons (Fsp3) is 0.778. The van der Waals surface area contributed by atoms with Gasteiger partial charge < -0.3 is 10.4 Å². The van der Waals surface area contributed by atoms with Crippen molar-refractivity contribution in [2.75, 3.05) is 13.1 Å². The summed E-state index contributed by atoms with van der Waals surface area (Å²) in [7, 11) is 0. The van der Waals surface area contributed by atoms with Gasteiger partial charge in [0.2, 0.25) is 0 Å². The Balaban J connectivity index is 2.20. The molecule has 4 nitrogen and oxygen atoms in total. The lowest BCUT2D eigenvalue weighted by atomic mass is 9.86. The number of nitrogens with one attached hydrogen (secondary N) is 1. The van der Waals surface area contributed by atoms with Gasteiger partial charge in [0.1, 0.15) is 0 Å². The average molecular weight is 180 g/mol. The van der Waals surface area contributed by atoms with Crippen molar-refractivity contribution < 1.29 is 9.90 Å². The van der Waals surface area contributed by atoms with Crippen LogP contribution in [0.1, 0.15) is 12.8 Å². The molecule has 1 saturated heterocycles. The van der Waals surface area contributed by atoms with E-state index < -0.39 is 11.4 Å². The van der Waals surface area contributed by atoms with Crippen LogP contribution in [0.25, 0.3) is 0 Å². The number of carbonyl (C=O) groups is 1.